The van der Waals surface area contributed by atoms with Crippen LogP contribution in [0.3, 0.4) is 0 Å². The number of carbonyl (C=O) groups excluding carboxylic acids is 3. The Balaban J connectivity index is 1.81. The molecule has 4 N–H and O–H groups in total. The molecule has 0 bridgehead atoms. The van der Waals surface area contributed by atoms with Gasteiger partial charge in [0.05, 0.1) is 0 Å². The molecule has 2 aliphatic carbocycles. The van der Waals surface area contributed by atoms with E-state index in [1.165, 1.54) is 0 Å². The molecule has 7 nitrogen and oxygen atoms in total. The van der Waals surface area contributed by atoms with Gasteiger partial charge in [-0.05, 0) is 12.2 Å². The molecule has 2 saturated heterocycles. The number of rotatable bonds is 0. The molecule has 0 saturated carbocycles. The van der Waals surface area contributed by atoms with Crippen molar-refractivity contribution in [3.8, 4) is 0 Å². The summed E-state index contributed by atoms with van der Waals surface area (Å²) in [4.78, 5) is 35.7. The monoisotopic (exact) mass is 284 g/mol. The van der Waals surface area contributed by atoms with Crippen LogP contribution in [0.15, 0.2) is 47.9 Å². The van der Waals surface area contributed by atoms with Crippen molar-refractivity contribution in [1.82, 2.24) is 21.3 Å². The van der Waals surface area contributed by atoms with Gasteiger partial charge in [0.1, 0.15) is 0 Å². The second-order valence-corrected chi connectivity index (χ2v) is 5.31. The minimum atomic E-state index is -1.69. The summed E-state index contributed by atoms with van der Waals surface area (Å²) in [5, 5.41) is 10.2. The molecule has 21 heavy (non-hydrogen) atoms. The number of hydrogen-bond acceptors (Lipinski definition) is 5. The van der Waals surface area contributed by atoms with Gasteiger partial charge in [0.25, 0.3) is 17.5 Å². The van der Waals surface area contributed by atoms with E-state index in [0.717, 1.165) is 11.4 Å². The highest BCUT2D eigenvalue weighted by molar-refractivity contribution is 6.22. The van der Waals surface area contributed by atoms with Gasteiger partial charge in [0, 0.05) is 23.2 Å². The molecule has 7 heteroatoms. The first-order valence-corrected chi connectivity index (χ1v) is 6.60. The zero-order valence-corrected chi connectivity index (χ0v) is 10.8. The Kier molecular flexibility index (Phi) is 2.19. The molecule has 0 atom stereocenters. The Morgan fingerprint density at radius 3 is 1.90 bits per heavy atom. The maximum atomic E-state index is 12.2. The predicted octanol–water partition coefficient (Wildman–Crippen LogP) is -0.619. The number of imide groups is 2. The lowest BCUT2D eigenvalue weighted by molar-refractivity contribution is -0.141. The molecule has 0 aromatic carbocycles. The molecule has 0 unspecified atom stereocenters. The number of urea groups is 1. The van der Waals surface area contributed by atoms with Gasteiger partial charge in [-0.3, -0.25) is 20.2 Å². The van der Waals surface area contributed by atoms with E-state index < -0.39 is 23.5 Å². The lowest BCUT2D eigenvalue weighted by atomic mass is 9.77. The number of hydrogen-bond donors (Lipinski definition) is 4. The Hall–Kier alpha value is -2.83. The summed E-state index contributed by atoms with van der Waals surface area (Å²) in [6.07, 6.45) is 11.6. The third kappa shape index (κ3) is 1.51. The van der Waals surface area contributed by atoms with Gasteiger partial charge in [-0.15, -0.1) is 0 Å². The normalized spacial score (nSPS) is 31.3. The molecular weight excluding hydrogens is 272 g/mol. The zero-order valence-electron chi connectivity index (χ0n) is 10.8. The highest BCUT2D eigenvalue weighted by atomic mass is 16.2. The summed E-state index contributed by atoms with van der Waals surface area (Å²) in [5.74, 6) is -1.21. The van der Waals surface area contributed by atoms with E-state index in [1.807, 2.05) is 24.3 Å². The van der Waals surface area contributed by atoms with Crippen LogP contribution in [-0.4, -0.2) is 23.5 Å². The number of carbonyl (C=O) groups is 3. The van der Waals surface area contributed by atoms with Crippen molar-refractivity contribution in [2.45, 2.75) is 5.66 Å². The van der Waals surface area contributed by atoms with E-state index in [4.69, 9.17) is 0 Å². The Bertz CT molecular complexity index is 645. The predicted molar refractivity (Wildman–Crippen MR) is 72.1 cm³/mol. The fraction of sp³-hybridized carbons (Fsp3) is 0.214. The van der Waals surface area contributed by atoms with Gasteiger partial charge in [0.2, 0.25) is 0 Å². The van der Waals surface area contributed by atoms with Crippen LogP contribution in [0.4, 0.5) is 4.79 Å². The summed E-state index contributed by atoms with van der Waals surface area (Å²) in [7, 11) is 0. The molecule has 2 aliphatic heterocycles. The Morgan fingerprint density at radius 2 is 1.38 bits per heavy atom. The smallest absolute Gasteiger partial charge is 0.328 e. The van der Waals surface area contributed by atoms with Crippen LogP contribution in [0.25, 0.3) is 0 Å². The zero-order chi connectivity index (χ0) is 14.6. The lowest BCUT2D eigenvalue weighted by Gasteiger charge is -2.47. The third-order valence-corrected chi connectivity index (χ3v) is 4.07. The highest BCUT2D eigenvalue weighted by Crippen LogP contribution is 2.38. The number of nitrogens with one attached hydrogen (secondary N) is 4. The van der Waals surface area contributed by atoms with E-state index in [0.29, 0.717) is 0 Å². The van der Waals surface area contributed by atoms with E-state index in [1.54, 1.807) is 0 Å². The second kappa shape index (κ2) is 3.85. The van der Waals surface area contributed by atoms with Crippen molar-refractivity contribution in [2.24, 2.45) is 11.8 Å². The number of amides is 4. The van der Waals surface area contributed by atoms with Gasteiger partial charge in [-0.2, -0.15) is 0 Å². The summed E-state index contributed by atoms with van der Waals surface area (Å²) < 4.78 is 0. The van der Waals surface area contributed by atoms with Crippen LogP contribution in [0.5, 0.6) is 0 Å². The van der Waals surface area contributed by atoms with Gasteiger partial charge >= 0.3 is 6.03 Å². The minimum absolute atomic E-state index is 0.0313. The van der Waals surface area contributed by atoms with Crippen molar-refractivity contribution < 1.29 is 14.4 Å². The molecule has 2 heterocycles. The molecule has 106 valence electrons. The van der Waals surface area contributed by atoms with Gasteiger partial charge in [-0.1, -0.05) is 24.3 Å². The van der Waals surface area contributed by atoms with Crippen molar-refractivity contribution in [2.75, 3.05) is 0 Å². The van der Waals surface area contributed by atoms with E-state index in [2.05, 4.69) is 33.4 Å². The van der Waals surface area contributed by atoms with E-state index >= 15 is 0 Å². The average Bonchev–Trinajstić information content (AvgIpc) is 2.46. The minimum Gasteiger partial charge on any atom is -0.350 e. The van der Waals surface area contributed by atoms with E-state index in [9.17, 15) is 14.4 Å². The molecule has 0 radical (unpaired) electrons. The molecule has 4 rings (SSSR count). The van der Waals surface area contributed by atoms with Crippen molar-refractivity contribution in [1.29, 1.82) is 0 Å². The van der Waals surface area contributed by atoms with Crippen LogP contribution >= 0.6 is 0 Å². The topological polar surface area (TPSA) is 99.3 Å². The van der Waals surface area contributed by atoms with Crippen molar-refractivity contribution in [3.05, 3.63) is 47.9 Å². The van der Waals surface area contributed by atoms with Gasteiger partial charge in [-0.25, -0.2) is 4.79 Å². The van der Waals surface area contributed by atoms with Gasteiger partial charge < -0.3 is 10.6 Å². The Labute approximate surface area is 119 Å². The maximum absolute atomic E-state index is 12.2. The summed E-state index contributed by atoms with van der Waals surface area (Å²) >= 11 is 0. The summed E-state index contributed by atoms with van der Waals surface area (Å²) in [5.41, 5.74) is -0.142. The van der Waals surface area contributed by atoms with Crippen molar-refractivity contribution >= 4 is 17.8 Å². The molecule has 0 aromatic rings. The first kappa shape index (κ1) is 12.0. The maximum Gasteiger partial charge on any atom is 0.328 e. The summed E-state index contributed by atoms with van der Waals surface area (Å²) in [6.45, 7) is 0. The van der Waals surface area contributed by atoms with Crippen molar-refractivity contribution in [3.63, 3.8) is 0 Å². The highest BCUT2D eigenvalue weighted by Gasteiger charge is 2.55. The van der Waals surface area contributed by atoms with E-state index in [-0.39, 0.29) is 11.8 Å². The standard InChI is InChI=1S/C14H12N4O3/c19-11-14(12(20)16-13(21)15-11)17-8-5-1-3-7-4-2-6-9(18-14)10(7)8/h1-7,10,17-18H,(H2,15,16,19,20,21). The van der Waals surface area contributed by atoms with Crippen LogP contribution in [0.2, 0.25) is 0 Å². The van der Waals surface area contributed by atoms with Crippen LogP contribution < -0.4 is 21.3 Å². The third-order valence-electron chi connectivity index (χ3n) is 4.07. The summed E-state index contributed by atoms with van der Waals surface area (Å²) in [6, 6.07) is -0.811. The molecule has 0 aromatic heterocycles. The number of allylic oxidation sites excluding steroid dienone is 6. The molecule has 1 spiro atoms. The fourth-order valence-electron chi connectivity index (χ4n) is 3.11. The largest absolute Gasteiger partial charge is 0.350 e. The first-order valence-electron chi connectivity index (χ1n) is 6.60. The van der Waals surface area contributed by atoms with Gasteiger partial charge in [0.15, 0.2) is 0 Å². The SMILES string of the molecule is O=C1NC(=O)C2(NC3=CC=CC4C=CC=C(N2)C34)C(=O)N1. The second-order valence-electron chi connectivity index (χ2n) is 5.31. The molecule has 4 aliphatic rings. The molecular formula is C14H12N4O3. The number of barbiturate groups is 1. The lowest BCUT2D eigenvalue weighted by Crippen LogP contribution is -2.80. The molecule has 4 amide bonds. The van der Waals surface area contributed by atoms with Crippen LogP contribution in [0, 0.1) is 11.8 Å². The first-order chi connectivity index (χ1) is 10.1. The Morgan fingerprint density at radius 1 is 0.857 bits per heavy atom. The fourth-order valence-corrected chi connectivity index (χ4v) is 3.11. The average molecular weight is 284 g/mol. The van der Waals surface area contributed by atoms with Crippen LogP contribution in [-0.2, 0) is 9.59 Å². The molecule has 2 fully saturated rings. The van der Waals surface area contributed by atoms with Crippen LogP contribution in [0.1, 0.15) is 0 Å². The quantitative estimate of drug-likeness (QED) is 0.444.